The summed E-state index contributed by atoms with van der Waals surface area (Å²) in [5.41, 5.74) is 1.08. The Hall–Kier alpha value is -2.89. The molecule has 0 unspecified atom stereocenters. The molecule has 1 amide bonds. The zero-order valence-corrected chi connectivity index (χ0v) is 16.9. The predicted octanol–water partition coefficient (Wildman–Crippen LogP) is 3.13. The predicted molar refractivity (Wildman–Crippen MR) is 109 cm³/mol. The zero-order chi connectivity index (χ0) is 20.7. The van der Waals surface area contributed by atoms with E-state index >= 15 is 0 Å². The second kappa shape index (κ2) is 9.54. The Balaban J connectivity index is 1.64. The maximum Gasteiger partial charge on any atom is 0.312 e. The summed E-state index contributed by atoms with van der Waals surface area (Å²) in [6, 6.07) is 13.4. The van der Waals surface area contributed by atoms with Crippen LogP contribution in [0.3, 0.4) is 0 Å². The molecule has 0 N–H and O–H groups in total. The fraction of sp³-hybridized carbons (Fsp3) is 0.435. The van der Waals surface area contributed by atoms with Crippen LogP contribution in [-0.2, 0) is 16.0 Å². The summed E-state index contributed by atoms with van der Waals surface area (Å²) in [6.45, 7) is 3.14. The van der Waals surface area contributed by atoms with Gasteiger partial charge >= 0.3 is 5.97 Å². The van der Waals surface area contributed by atoms with Crippen molar-refractivity contribution in [3.63, 3.8) is 0 Å². The lowest BCUT2D eigenvalue weighted by atomic mass is 9.74. The second-order valence-electron chi connectivity index (χ2n) is 7.58. The zero-order valence-electron chi connectivity index (χ0n) is 16.9. The van der Waals surface area contributed by atoms with E-state index in [0.717, 1.165) is 19.3 Å². The maximum atomic E-state index is 12.8. The summed E-state index contributed by atoms with van der Waals surface area (Å²) in [5.74, 6) is -0.325. The molecule has 1 saturated heterocycles. The van der Waals surface area contributed by atoms with Crippen LogP contribution in [0.5, 0.6) is 0 Å². The number of likely N-dealkylation sites (tertiary alicyclic amines) is 1. The Bertz CT molecular complexity index is 830. The van der Waals surface area contributed by atoms with Crippen molar-refractivity contribution in [2.24, 2.45) is 5.41 Å². The molecule has 6 heteroatoms. The number of piperidine rings is 1. The molecule has 29 heavy (non-hydrogen) atoms. The van der Waals surface area contributed by atoms with Crippen LogP contribution in [0, 0.1) is 10.6 Å². The van der Waals surface area contributed by atoms with E-state index in [0.29, 0.717) is 42.8 Å². The summed E-state index contributed by atoms with van der Waals surface area (Å²) in [7, 11) is 0. The van der Waals surface area contributed by atoms with Gasteiger partial charge in [-0.3, -0.25) is 9.59 Å². The number of esters is 1. The molecule has 0 aliphatic carbocycles. The van der Waals surface area contributed by atoms with Gasteiger partial charge < -0.3 is 14.8 Å². The number of carbonyl (C=O) groups excluding carboxylic acids is 2. The first-order valence-electron chi connectivity index (χ1n) is 10.2. The highest BCUT2D eigenvalue weighted by Gasteiger charge is 2.43. The Morgan fingerprint density at radius 1 is 1.14 bits per heavy atom. The van der Waals surface area contributed by atoms with Crippen LogP contribution in [0.25, 0.3) is 0 Å². The molecule has 1 fully saturated rings. The van der Waals surface area contributed by atoms with Crippen molar-refractivity contribution in [3.8, 4) is 0 Å². The molecular formula is C23H28N2O4. The van der Waals surface area contributed by atoms with Crippen LogP contribution in [0.2, 0.25) is 0 Å². The third kappa shape index (κ3) is 5.13. The smallest absolute Gasteiger partial charge is 0.312 e. The van der Waals surface area contributed by atoms with Crippen LogP contribution < -0.4 is 4.73 Å². The van der Waals surface area contributed by atoms with Crippen molar-refractivity contribution in [2.75, 3.05) is 19.7 Å². The van der Waals surface area contributed by atoms with E-state index in [2.05, 4.69) is 12.1 Å². The van der Waals surface area contributed by atoms with Crippen LogP contribution in [0.1, 0.15) is 48.5 Å². The summed E-state index contributed by atoms with van der Waals surface area (Å²) in [5, 5.41) is 11.5. The number of ether oxygens (including phenoxy) is 1. The fourth-order valence-corrected chi connectivity index (χ4v) is 4.02. The molecule has 0 saturated carbocycles. The molecule has 2 aromatic rings. The SMILES string of the molecule is CCOC(=O)C1(CCCc2ccccc2)CCN(C(=O)c2ccc[n+]([O-])c2)CC1. The highest BCUT2D eigenvalue weighted by molar-refractivity contribution is 5.93. The number of nitrogens with zero attached hydrogens (tertiary/aromatic N) is 2. The van der Waals surface area contributed by atoms with E-state index in [1.165, 1.54) is 18.0 Å². The topological polar surface area (TPSA) is 73.5 Å². The van der Waals surface area contributed by atoms with Crippen molar-refractivity contribution >= 4 is 11.9 Å². The number of benzene rings is 1. The Labute approximate surface area is 171 Å². The summed E-state index contributed by atoms with van der Waals surface area (Å²) in [6.07, 6.45) is 6.35. The lowest BCUT2D eigenvalue weighted by Crippen LogP contribution is -2.47. The first-order valence-corrected chi connectivity index (χ1v) is 10.2. The van der Waals surface area contributed by atoms with Crippen molar-refractivity contribution < 1.29 is 19.1 Å². The lowest BCUT2D eigenvalue weighted by Gasteiger charge is -2.40. The Morgan fingerprint density at radius 2 is 1.86 bits per heavy atom. The minimum absolute atomic E-state index is 0.155. The van der Waals surface area contributed by atoms with Crippen LogP contribution in [0.15, 0.2) is 54.9 Å². The van der Waals surface area contributed by atoms with E-state index in [4.69, 9.17) is 4.74 Å². The molecule has 1 aliphatic rings. The van der Waals surface area contributed by atoms with Crippen LogP contribution >= 0.6 is 0 Å². The third-order valence-corrected chi connectivity index (χ3v) is 5.70. The largest absolute Gasteiger partial charge is 0.619 e. The normalized spacial score (nSPS) is 15.7. The quantitative estimate of drug-likeness (QED) is 0.409. The third-order valence-electron chi connectivity index (χ3n) is 5.70. The molecule has 2 heterocycles. The average molecular weight is 396 g/mol. The first-order chi connectivity index (χ1) is 14.0. The summed E-state index contributed by atoms with van der Waals surface area (Å²) >= 11 is 0. The van der Waals surface area contributed by atoms with Gasteiger partial charge in [0, 0.05) is 19.2 Å². The number of amides is 1. The lowest BCUT2D eigenvalue weighted by molar-refractivity contribution is -0.605. The van der Waals surface area contributed by atoms with Gasteiger partial charge in [-0.1, -0.05) is 30.3 Å². The number of hydrogen-bond acceptors (Lipinski definition) is 4. The molecule has 1 aromatic heterocycles. The Morgan fingerprint density at radius 3 is 2.52 bits per heavy atom. The van der Waals surface area contributed by atoms with Crippen LogP contribution in [0.4, 0.5) is 0 Å². The molecule has 154 valence electrons. The van der Waals surface area contributed by atoms with Gasteiger partial charge in [-0.05, 0) is 50.7 Å². The van der Waals surface area contributed by atoms with E-state index in [1.54, 1.807) is 17.0 Å². The number of hydrogen-bond donors (Lipinski definition) is 0. The highest BCUT2D eigenvalue weighted by atomic mass is 16.5. The summed E-state index contributed by atoms with van der Waals surface area (Å²) in [4.78, 5) is 27.2. The molecule has 1 aliphatic heterocycles. The molecule has 0 atom stereocenters. The van der Waals surface area contributed by atoms with Gasteiger partial charge in [0.2, 0.25) is 0 Å². The minimum Gasteiger partial charge on any atom is -0.619 e. The van der Waals surface area contributed by atoms with Gasteiger partial charge in [0.05, 0.1) is 12.0 Å². The van der Waals surface area contributed by atoms with Crippen molar-refractivity contribution in [1.29, 1.82) is 0 Å². The van der Waals surface area contributed by atoms with E-state index in [9.17, 15) is 14.8 Å². The average Bonchev–Trinajstić information content (AvgIpc) is 2.74. The van der Waals surface area contributed by atoms with Gasteiger partial charge in [-0.2, -0.15) is 4.73 Å². The van der Waals surface area contributed by atoms with E-state index in [-0.39, 0.29) is 11.9 Å². The van der Waals surface area contributed by atoms with E-state index < -0.39 is 5.41 Å². The maximum absolute atomic E-state index is 12.8. The molecule has 6 nitrogen and oxygen atoms in total. The Kier molecular flexibility index (Phi) is 6.86. The second-order valence-corrected chi connectivity index (χ2v) is 7.58. The van der Waals surface area contributed by atoms with Crippen molar-refractivity contribution in [1.82, 2.24) is 4.90 Å². The highest BCUT2D eigenvalue weighted by Crippen LogP contribution is 2.38. The van der Waals surface area contributed by atoms with E-state index in [1.807, 2.05) is 25.1 Å². The van der Waals surface area contributed by atoms with Gasteiger partial charge in [0.1, 0.15) is 5.56 Å². The van der Waals surface area contributed by atoms with Gasteiger partial charge in [-0.15, -0.1) is 0 Å². The fourth-order valence-electron chi connectivity index (χ4n) is 4.02. The minimum atomic E-state index is -0.545. The van der Waals surface area contributed by atoms with Crippen molar-refractivity contribution in [2.45, 2.75) is 39.0 Å². The van der Waals surface area contributed by atoms with Crippen LogP contribution in [-0.4, -0.2) is 36.5 Å². The monoisotopic (exact) mass is 396 g/mol. The number of aryl methyl sites for hydroxylation is 1. The standard InChI is InChI=1S/C23H28N2O4/c1-2-29-22(27)23(12-6-10-19-8-4-3-5-9-19)13-16-24(17-14-23)21(26)20-11-7-15-25(28)18-20/h3-5,7-9,11,15,18H,2,6,10,12-14,16-17H2,1H3. The molecular weight excluding hydrogens is 368 g/mol. The first kappa shape index (κ1) is 20.8. The summed E-state index contributed by atoms with van der Waals surface area (Å²) < 4.78 is 6.03. The van der Waals surface area contributed by atoms with Gasteiger partial charge in [-0.25, -0.2) is 0 Å². The molecule has 3 rings (SSSR count). The molecule has 1 aromatic carbocycles. The number of aromatic nitrogens is 1. The molecule has 0 spiro atoms. The molecule has 0 bridgehead atoms. The number of carbonyl (C=O) groups is 2. The number of pyridine rings is 1. The molecule has 0 radical (unpaired) electrons. The van der Waals surface area contributed by atoms with Gasteiger partial charge in [0.25, 0.3) is 5.91 Å². The number of rotatable bonds is 7. The van der Waals surface area contributed by atoms with Gasteiger partial charge in [0.15, 0.2) is 12.4 Å². The van der Waals surface area contributed by atoms with Crippen molar-refractivity contribution in [3.05, 3.63) is 71.2 Å².